The number of aliphatic hydroxyl groups excluding tert-OH is 1. The minimum absolute atomic E-state index is 0.00206. The predicted molar refractivity (Wildman–Crippen MR) is 140 cm³/mol. The molecule has 2 aliphatic rings. The van der Waals surface area contributed by atoms with Gasteiger partial charge in [0.05, 0.1) is 50.0 Å². The topological polar surface area (TPSA) is 133 Å². The second-order valence-electron chi connectivity index (χ2n) is 9.57. The SMILES string of the molecule is COc1ccc(S(=O)(=O)N(C[C@@H](O)[C@@H](Cc2ccccc2)NC(=O)OC2COCOC2)OC2CCCC2)cc1. The molecule has 0 radical (unpaired) electrons. The molecular weight excluding hydrogens is 528 g/mol. The molecule has 0 spiro atoms. The fraction of sp³-hybridized carbons (Fsp3) is 0.519. The predicted octanol–water partition coefficient (Wildman–Crippen LogP) is 2.63. The van der Waals surface area contributed by atoms with Crippen molar-refractivity contribution in [1.29, 1.82) is 0 Å². The Kier molecular flexibility index (Phi) is 10.5. The highest BCUT2D eigenvalue weighted by Gasteiger charge is 2.35. The third-order valence-corrected chi connectivity index (χ3v) is 8.28. The summed E-state index contributed by atoms with van der Waals surface area (Å²) in [5, 5.41) is 14.0. The number of aliphatic hydroxyl groups is 1. The van der Waals surface area contributed by atoms with Crippen molar-refractivity contribution in [3.63, 3.8) is 0 Å². The molecule has 1 saturated heterocycles. The Labute approximate surface area is 228 Å². The van der Waals surface area contributed by atoms with Gasteiger partial charge in [0.2, 0.25) is 0 Å². The van der Waals surface area contributed by atoms with Gasteiger partial charge < -0.3 is 29.4 Å². The van der Waals surface area contributed by atoms with E-state index in [1.807, 2.05) is 30.3 Å². The van der Waals surface area contributed by atoms with Crippen molar-refractivity contribution >= 4 is 16.1 Å². The Bertz CT molecular complexity index is 1140. The van der Waals surface area contributed by atoms with Crippen LogP contribution < -0.4 is 10.1 Å². The molecule has 12 heteroatoms. The molecule has 4 rings (SSSR count). The number of methoxy groups -OCH3 is 1. The van der Waals surface area contributed by atoms with Gasteiger partial charge >= 0.3 is 6.09 Å². The summed E-state index contributed by atoms with van der Waals surface area (Å²) in [5.74, 6) is 0.511. The number of hydroxylamine groups is 1. The number of benzene rings is 2. The quantitative estimate of drug-likeness (QED) is 0.373. The number of hydrogen-bond acceptors (Lipinski definition) is 9. The van der Waals surface area contributed by atoms with Crippen LogP contribution in [-0.2, 0) is 35.5 Å². The zero-order valence-corrected chi connectivity index (χ0v) is 22.8. The molecule has 1 aliphatic heterocycles. The fourth-order valence-corrected chi connectivity index (χ4v) is 5.82. The van der Waals surface area contributed by atoms with E-state index < -0.39 is 40.9 Å². The number of nitrogens with one attached hydrogen (secondary N) is 1. The molecule has 1 aliphatic carbocycles. The number of carbonyl (C=O) groups excluding carboxylic acids is 1. The first-order chi connectivity index (χ1) is 18.8. The minimum Gasteiger partial charge on any atom is -0.497 e. The molecule has 1 heterocycles. The van der Waals surface area contributed by atoms with E-state index in [1.54, 1.807) is 12.1 Å². The molecule has 2 N–H and O–H groups in total. The number of sulfonamides is 1. The van der Waals surface area contributed by atoms with Gasteiger partial charge in [-0.15, -0.1) is 0 Å². The van der Waals surface area contributed by atoms with Gasteiger partial charge in [-0.2, -0.15) is 0 Å². The number of alkyl carbamates (subject to hydrolysis) is 1. The summed E-state index contributed by atoms with van der Waals surface area (Å²) in [6.07, 6.45) is 0.552. The molecule has 2 atom stereocenters. The van der Waals surface area contributed by atoms with Crippen molar-refractivity contribution in [2.75, 3.05) is 33.7 Å². The van der Waals surface area contributed by atoms with Crippen LogP contribution in [0.3, 0.4) is 0 Å². The lowest BCUT2D eigenvalue weighted by Gasteiger charge is -2.31. The maximum Gasteiger partial charge on any atom is 0.407 e. The Morgan fingerprint density at radius 1 is 1.05 bits per heavy atom. The first kappa shape index (κ1) is 29.2. The van der Waals surface area contributed by atoms with E-state index in [1.165, 1.54) is 19.2 Å². The van der Waals surface area contributed by atoms with E-state index in [0.29, 0.717) is 18.6 Å². The third kappa shape index (κ3) is 8.37. The number of nitrogens with zero attached hydrogens (tertiary/aromatic N) is 1. The van der Waals surface area contributed by atoms with Crippen LogP contribution in [0, 0.1) is 0 Å². The van der Waals surface area contributed by atoms with Crippen molar-refractivity contribution in [3.8, 4) is 5.75 Å². The van der Waals surface area contributed by atoms with E-state index in [0.717, 1.165) is 22.9 Å². The van der Waals surface area contributed by atoms with Crippen LogP contribution in [0.5, 0.6) is 5.75 Å². The number of rotatable bonds is 12. The monoisotopic (exact) mass is 564 g/mol. The minimum atomic E-state index is -4.15. The van der Waals surface area contributed by atoms with Crippen LogP contribution in [0.4, 0.5) is 4.79 Å². The van der Waals surface area contributed by atoms with Crippen molar-refractivity contribution in [2.24, 2.45) is 0 Å². The average Bonchev–Trinajstić information content (AvgIpc) is 3.46. The lowest BCUT2D eigenvalue weighted by atomic mass is 10.0. The van der Waals surface area contributed by atoms with Gasteiger partial charge in [0.1, 0.15) is 12.5 Å². The molecule has 214 valence electrons. The van der Waals surface area contributed by atoms with Crippen molar-refractivity contribution in [3.05, 3.63) is 60.2 Å². The number of carbonyl (C=O) groups is 1. The molecule has 2 fully saturated rings. The second-order valence-corrected chi connectivity index (χ2v) is 11.4. The van der Waals surface area contributed by atoms with Gasteiger partial charge in [0, 0.05) is 0 Å². The third-order valence-electron chi connectivity index (χ3n) is 6.64. The van der Waals surface area contributed by atoms with Gasteiger partial charge in [-0.1, -0.05) is 47.6 Å². The summed E-state index contributed by atoms with van der Waals surface area (Å²) in [4.78, 5) is 18.7. The maximum atomic E-state index is 13.6. The van der Waals surface area contributed by atoms with E-state index in [2.05, 4.69) is 5.32 Å². The van der Waals surface area contributed by atoms with Gasteiger partial charge in [-0.3, -0.25) is 4.84 Å². The Morgan fingerprint density at radius 2 is 1.72 bits per heavy atom. The largest absolute Gasteiger partial charge is 0.497 e. The lowest BCUT2D eigenvalue weighted by Crippen LogP contribution is -2.52. The highest BCUT2D eigenvalue weighted by molar-refractivity contribution is 7.89. The molecule has 2 aromatic carbocycles. The molecule has 1 saturated carbocycles. The zero-order valence-electron chi connectivity index (χ0n) is 21.9. The van der Waals surface area contributed by atoms with E-state index in [4.69, 9.17) is 23.8 Å². The molecule has 39 heavy (non-hydrogen) atoms. The van der Waals surface area contributed by atoms with E-state index in [9.17, 15) is 18.3 Å². The Morgan fingerprint density at radius 3 is 2.36 bits per heavy atom. The molecule has 1 amide bonds. The molecule has 0 unspecified atom stereocenters. The summed E-state index contributed by atoms with van der Waals surface area (Å²) in [6.45, 7) is 0.124. The zero-order chi connectivity index (χ0) is 27.7. The summed E-state index contributed by atoms with van der Waals surface area (Å²) in [6, 6.07) is 14.3. The van der Waals surface area contributed by atoms with Gasteiger partial charge in [0.25, 0.3) is 10.0 Å². The summed E-state index contributed by atoms with van der Waals surface area (Å²) in [7, 11) is -2.65. The van der Waals surface area contributed by atoms with E-state index in [-0.39, 0.29) is 37.4 Å². The Balaban J connectivity index is 1.53. The van der Waals surface area contributed by atoms with Crippen molar-refractivity contribution < 1.29 is 42.1 Å². The standard InChI is InChI=1S/C27H36N2O9S/c1-34-21-11-13-24(14-12-21)39(32,33)29(38-22-9-5-6-10-22)16-26(30)25(15-20-7-3-2-4-8-20)28-27(31)37-23-17-35-19-36-18-23/h2-4,7-8,11-14,22-23,25-26,30H,5-6,9-10,15-19H2,1H3,(H,28,31)/t25-,26-/m1/s1. The maximum absolute atomic E-state index is 13.6. The molecular formula is C27H36N2O9S. The van der Waals surface area contributed by atoms with Crippen LogP contribution in [-0.4, -0.2) is 82.1 Å². The number of hydrogen-bond donors (Lipinski definition) is 2. The normalized spacial score (nSPS) is 18.5. The summed E-state index contributed by atoms with van der Waals surface area (Å²) >= 11 is 0. The van der Waals surface area contributed by atoms with Crippen LogP contribution in [0.15, 0.2) is 59.5 Å². The number of amides is 1. The van der Waals surface area contributed by atoms with E-state index >= 15 is 0 Å². The van der Waals surface area contributed by atoms with Gasteiger partial charge in [-0.25, -0.2) is 13.2 Å². The van der Waals surface area contributed by atoms with Crippen LogP contribution in [0.25, 0.3) is 0 Å². The van der Waals surface area contributed by atoms with Gasteiger partial charge in [-0.05, 0) is 49.1 Å². The summed E-state index contributed by atoms with van der Waals surface area (Å²) < 4.78 is 49.0. The lowest BCUT2D eigenvalue weighted by molar-refractivity contribution is -0.153. The van der Waals surface area contributed by atoms with Crippen LogP contribution in [0.1, 0.15) is 31.2 Å². The van der Waals surface area contributed by atoms with Crippen LogP contribution >= 0.6 is 0 Å². The Hall–Kier alpha value is -2.74. The number of ether oxygens (including phenoxy) is 4. The first-order valence-electron chi connectivity index (χ1n) is 13.0. The van der Waals surface area contributed by atoms with Crippen LogP contribution in [0.2, 0.25) is 0 Å². The van der Waals surface area contributed by atoms with Crippen molar-refractivity contribution in [2.45, 2.75) is 61.4 Å². The molecule has 0 aromatic heterocycles. The van der Waals surface area contributed by atoms with Crippen molar-refractivity contribution in [1.82, 2.24) is 9.79 Å². The molecule has 0 bridgehead atoms. The molecule has 2 aromatic rings. The summed E-state index contributed by atoms with van der Waals surface area (Å²) in [5.41, 5.74) is 0.840. The average molecular weight is 565 g/mol. The highest BCUT2D eigenvalue weighted by atomic mass is 32.2. The second kappa shape index (κ2) is 14.1. The smallest absolute Gasteiger partial charge is 0.407 e. The fourth-order valence-electron chi connectivity index (χ4n) is 4.53. The first-order valence-corrected chi connectivity index (χ1v) is 14.5. The highest BCUT2D eigenvalue weighted by Crippen LogP contribution is 2.27. The molecule has 11 nitrogen and oxygen atoms in total. The van der Waals surface area contributed by atoms with Gasteiger partial charge in [0.15, 0.2) is 6.10 Å².